The van der Waals surface area contributed by atoms with Gasteiger partial charge in [-0.2, -0.15) is 0 Å². The zero-order chi connectivity index (χ0) is 14.1. The van der Waals surface area contributed by atoms with Gasteiger partial charge in [-0.3, -0.25) is 4.79 Å². The molecule has 118 valence electrons. The number of carbonyl (C=O) groups is 1. The number of halogens is 1. The van der Waals surface area contributed by atoms with Crippen LogP contribution in [0.1, 0.15) is 59.3 Å². The zero-order valence-corrected chi connectivity index (χ0v) is 13.7. The maximum atomic E-state index is 12.5. The van der Waals surface area contributed by atoms with Gasteiger partial charge in [-0.25, -0.2) is 0 Å². The van der Waals surface area contributed by atoms with Gasteiger partial charge < -0.3 is 15.8 Å². The van der Waals surface area contributed by atoms with Crippen molar-refractivity contribution in [1.29, 1.82) is 0 Å². The van der Waals surface area contributed by atoms with Crippen molar-refractivity contribution in [3.05, 3.63) is 0 Å². The first kappa shape index (κ1) is 17.7. The number of rotatable bonds is 4. The summed E-state index contributed by atoms with van der Waals surface area (Å²) in [5.74, 6) is 0.0142. The van der Waals surface area contributed by atoms with E-state index in [0.717, 1.165) is 12.8 Å². The summed E-state index contributed by atoms with van der Waals surface area (Å²) < 4.78 is 5.67. The molecule has 0 aromatic heterocycles. The summed E-state index contributed by atoms with van der Waals surface area (Å²) in [6.45, 7) is 6.73. The maximum Gasteiger partial charge on any atom is 0.241 e. The van der Waals surface area contributed by atoms with Crippen molar-refractivity contribution in [2.24, 2.45) is 11.1 Å². The van der Waals surface area contributed by atoms with E-state index < -0.39 is 5.54 Å². The van der Waals surface area contributed by atoms with Crippen LogP contribution in [0.2, 0.25) is 0 Å². The SMILES string of the molecule is CCOC1CC(N)(C(=O)NC2CCCCC2)C1(C)C.Cl. The first-order valence-corrected chi connectivity index (χ1v) is 7.63. The topological polar surface area (TPSA) is 64.3 Å². The van der Waals surface area contributed by atoms with Crippen LogP contribution in [0.3, 0.4) is 0 Å². The highest BCUT2D eigenvalue weighted by Gasteiger charge is 2.62. The van der Waals surface area contributed by atoms with Crippen molar-refractivity contribution in [2.45, 2.75) is 77.0 Å². The van der Waals surface area contributed by atoms with Crippen LogP contribution in [-0.4, -0.2) is 30.2 Å². The van der Waals surface area contributed by atoms with Gasteiger partial charge in [0.2, 0.25) is 5.91 Å². The molecule has 0 spiro atoms. The van der Waals surface area contributed by atoms with Crippen LogP contribution in [0.4, 0.5) is 0 Å². The van der Waals surface area contributed by atoms with Gasteiger partial charge in [-0.15, -0.1) is 12.4 Å². The molecule has 2 rings (SSSR count). The van der Waals surface area contributed by atoms with E-state index in [1.807, 2.05) is 20.8 Å². The Bertz CT molecular complexity index is 343. The van der Waals surface area contributed by atoms with Gasteiger partial charge in [0, 0.05) is 24.5 Å². The van der Waals surface area contributed by atoms with Gasteiger partial charge >= 0.3 is 0 Å². The summed E-state index contributed by atoms with van der Waals surface area (Å²) in [7, 11) is 0. The Kier molecular flexibility index (Phi) is 5.88. The minimum absolute atomic E-state index is 0. The summed E-state index contributed by atoms with van der Waals surface area (Å²) in [5, 5.41) is 3.16. The molecule has 2 atom stereocenters. The first-order chi connectivity index (χ1) is 8.91. The van der Waals surface area contributed by atoms with E-state index in [2.05, 4.69) is 5.32 Å². The molecule has 0 aromatic carbocycles. The van der Waals surface area contributed by atoms with Gasteiger partial charge in [-0.1, -0.05) is 33.1 Å². The fourth-order valence-electron chi connectivity index (χ4n) is 3.38. The molecule has 20 heavy (non-hydrogen) atoms. The number of nitrogens with two attached hydrogens (primary N) is 1. The van der Waals surface area contributed by atoms with E-state index in [9.17, 15) is 4.79 Å². The molecule has 4 nitrogen and oxygen atoms in total. The molecule has 1 amide bonds. The quantitative estimate of drug-likeness (QED) is 0.838. The third-order valence-electron chi connectivity index (χ3n) is 5.18. The van der Waals surface area contributed by atoms with Crippen LogP contribution >= 0.6 is 12.4 Å². The Balaban J connectivity index is 0.00000200. The lowest BCUT2D eigenvalue weighted by molar-refractivity contribution is -0.171. The predicted molar refractivity (Wildman–Crippen MR) is 83.0 cm³/mol. The second-order valence-corrected chi connectivity index (χ2v) is 6.65. The zero-order valence-electron chi connectivity index (χ0n) is 12.9. The summed E-state index contributed by atoms with van der Waals surface area (Å²) in [6, 6.07) is 0.323. The summed E-state index contributed by atoms with van der Waals surface area (Å²) in [4.78, 5) is 12.5. The van der Waals surface area contributed by atoms with E-state index in [1.165, 1.54) is 19.3 Å². The molecule has 2 aliphatic rings. The number of ether oxygens (including phenoxy) is 1. The molecule has 5 heteroatoms. The van der Waals surface area contributed by atoms with E-state index in [1.54, 1.807) is 0 Å². The monoisotopic (exact) mass is 304 g/mol. The molecule has 2 saturated carbocycles. The third-order valence-corrected chi connectivity index (χ3v) is 5.18. The average molecular weight is 305 g/mol. The molecule has 2 fully saturated rings. The van der Waals surface area contributed by atoms with E-state index in [0.29, 0.717) is 19.1 Å². The minimum Gasteiger partial charge on any atom is -0.378 e. The third kappa shape index (κ3) is 2.97. The minimum atomic E-state index is -0.774. The molecular weight excluding hydrogens is 276 g/mol. The molecule has 0 bridgehead atoms. The number of nitrogens with one attached hydrogen (secondary N) is 1. The summed E-state index contributed by atoms with van der Waals surface area (Å²) in [5.41, 5.74) is 5.31. The Morgan fingerprint density at radius 2 is 1.90 bits per heavy atom. The Morgan fingerprint density at radius 3 is 2.40 bits per heavy atom. The Hall–Kier alpha value is -0.320. The molecule has 0 heterocycles. The van der Waals surface area contributed by atoms with Gasteiger partial charge in [-0.05, 0) is 19.8 Å². The summed E-state index contributed by atoms with van der Waals surface area (Å²) >= 11 is 0. The molecule has 0 saturated heterocycles. The molecule has 2 aliphatic carbocycles. The lowest BCUT2D eigenvalue weighted by Crippen LogP contribution is -2.76. The van der Waals surface area contributed by atoms with Gasteiger partial charge in [0.25, 0.3) is 0 Å². The normalized spacial score (nSPS) is 32.9. The number of amides is 1. The van der Waals surface area contributed by atoms with E-state index >= 15 is 0 Å². The number of carbonyl (C=O) groups excluding carboxylic acids is 1. The van der Waals surface area contributed by atoms with E-state index in [-0.39, 0.29) is 29.8 Å². The second-order valence-electron chi connectivity index (χ2n) is 6.65. The van der Waals surface area contributed by atoms with Crippen molar-refractivity contribution < 1.29 is 9.53 Å². The lowest BCUT2D eigenvalue weighted by Gasteiger charge is -2.57. The van der Waals surface area contributed by atoms with E-state index in [4.69, 9.17) is 10.5 Å². The average Bonchev–Trinajstić information content (AvgIpc) is 2.39. The second kappa shape index (κ2) is 6.63. The van der Waals surface area contributed by atoms with Crippen molar-refractivity contribution >= 4 is 18.3 Å². The molecule has 3 N–H and O–H groups in total. The van der Waals surface area contributed by atoms with Crippen LogP contribution in [-0.2, 0) is 9.53 Å². The van der Waals surface area contributed by atoms with Crippen molar-refractivity contribution in [3.8, 4) is 0 Å². The van der Waals surface area contributed by atoms with Gasteiger partial charge in [0.1, 0.15) is 5.54 Å². The highest BCUT2D eigenvalue weighted by atomic mass is 35.5. The molecule has 0 radical (unpaired) electrons. The first-order valence-electron chi connectivity index (χ1n) is 7.63. The highest BCUT2D eigenvalue weighted by molar-refractivity contribution is 5.89. The van der Waals surface area contributed by atoms with Crippen LogP contribution < -0.4 is 11.1 Å². The lowest BCUT2D eigenvalue weighted by atomic mass is 9.54. The molecule has 0 aromatic rings. The Labute approximate surface area is 128 Å². The predicted octanol–water partition coefficient (Wildman–Crippen LogP) is 2.39. The van der Waals surface area contributed by atoms with Crippen molar-refractivity contribution in [1.82, 2.24) is 5.32 Å². The number of hydrogen-bond acceptors (Lipinski definition) is 3. The Morgan fingerprint density at radius 1 is 1.30 bits per heavy atom. The fourth-order valence-corrected chi connectivity index (χ4v) is 3.38. The molecule has 0 aliphatic heterocycles. The van der Waals surface area contributed by atoms with Crippen LogP contribution in [0.15, 0.2) is 0 Å². The maximum absolute atomic E-state index is 12.5. The van der Waals surface area contributed by atoms with Gasteiger partial charge in [0.05, 0.1) is 6.10 Å². The largest absolute Gasteiger partial charge is 0.378 e. The molecule has 2 unspecified atom stereocenters. The van der Waals surface area contributed by atoms with Gasteiger partial charge in [0.15, 0.2) is 0 Å². The fraction of sp³-hybridized carbons (Fsp3) is 0.933. The van der Waals surface area contributed by atoms with Crippen LogP contribution in [0.5, 0.6) is 0 Å². The van der Waals surface area contributed by atoms with Crippen molar-refractivity contribution in [2.75, 3.05) is 6.61 Å². The van der Waals surface area contributed by atoms with Crippen molar-refractivity contribution in [3.63, 3.8) is 0 Å². The van der Waals surface area contributed by atoms with Crippen LogP contribution in [0, 0.1) is 5.41 Å². The molecular formula is C15H29ClN2O2. The highest BCUT2D eigenvalue weighted by Crippen LogP contribution is 2.49. The van der Waals surface area contributed by atoms with Crippen LogP contribution in [0.25, 0.3) is 0 Å². The standard InChI is InChI=1S/C15H28N2O2.ClH/c1-4-19-12-10-15(16,14(12,2)3)13(18)17-11-8-6-5-7-9-11;/h11-12H,4-10,16H2,1-3H3,(H,17,18);1H. The summed E-state index contributed by atoms with van der Waals surface area (Å²) in [6.07, 6.45) is 6.64. The number of hydrogen-bond donors (Lipinski definition) is 2. The smallest absolute Gasteiger partial charge is 0.241 e.